The van der Waals surface area contributed by atoms with Crippen LogP contribution in [-0.2, 0) is 0 Å². The third kappa shape index (κ3) is 4.49. The van der Waals surface area contributed by atoms with Crippen LogP contribution in [0, 0.1) is 5.82 Å². The van der Waals surface area contributed by atoms with E-state index in [1.807, 2.05) is 6.92 Å². The number of urea groups is 1. The van der Waals surface area contributed by atoms with Gasteiger partial charge in [-0.25, -0.2) is 29.1 Å². The van der Waals surface area contributed by atoms with Crippen LogP contribution in [-0.4, -0.2) is 32.5 Å². The van der Waals surface area contributed by atoms with Crippen LogP contribution in [0.3, 0.4) is 0 Å². The van der Waals surface area contributed by atoms with Crippen molar-refractivity contribution in [2.45, 2.75) is 6.92 Å². The third-order valence-electron chi connectivity index (χ3n) is 4.58. The zero-order valence-corrected chi connectivity index (χ0v) is 17.6. The molecule has 9 nitrogen and oxygen atoms in total. The second-order valence-electron chi connectivity index (χ2n) is 6.66. The van der Waals surface area contributed by atoms with Gasteiger partial charge >= 0.3 is 6.03 Å². The molecule has 4 N–H and O–H groups in total. The number of fused-ring (bicyclic) bond motifs is 1. The lowest BCUT2D eigenvalue weighted by Gasteiger charge is -2.18. The summed E-state index contributed by atoms with van der Waals surface area (Å²) in [5, 5.41) is 6.17. The average Bonchev–Trinajstić information content (AvgIpc) is 2.78. The number of anilines is 5. The summed E-state index contributed by atoms with van der Waals surface area (Å²) < 4.78 is 13.4. The minimum Gasteiger partial charge on any atom is -0.351 e. The molecule has 0 aliphatic carbocycles. The molecule has 2 aromatic heterocycles. The first-order valence-electron chi connectivity index (χ1n) is 9.58. The number of benzene rings is 2. The highest BCUT2D eigenvalue weighted by molar-refractivity contribution is 6.31. The number of rotatable bonds is 6. The molecule has 0 saturated heterocycles. The van der Waals surface area contributed by atoms with Gasteiger partial charge in [-0.2, -0.15) is 0 Å². The Bertz CT molecular complexity index is 1280. The fraction of sp³-hybridized carbons (Fsp3) is 0.0952. The normalized spacial score (nSPS) is 10.7. The van der Waals surface area contributed by atoms with Gasteiger partial charge in [0.1, 0.15) is 23.2 Å². The van der Waals surface area contributed by atoms with Crippen LogP contribution < -0.4 is 21.3 Å². The number of primary amides is 1. The maximum atomic E-state index is 13.4. The van der Waals surface area contributed by atoms with Crippen molar-refractivity contribution in [3.05, 3.63) is 65.8 Å². The highest BCUT2D eigenvalue weighted by atomic mass is 35.5. The SMILES string of the molecule is CCN(C(N)=O)c1ccc(Nc2ncc3ncnc(Nc4ccc(F)c(Cl)c4)c3n2)cc1. The Kier molecular flexibility index (Phi) is 5.95. The Morgan fingerprint density at radius 1 is 1.09 bits per heavy atom. The molecule has 4 rings (SSSR count). The van der Waals surface area contributed by atoms with Crippen molar-refractivity contribution in [3.8, 4) is 0 Å². The summed E-state index contributed by atoms with van der Waals surface area (Å²) in [6, 6.07) is 10.9. The van der Waals surface area contributed by atoms with Crippen LogP contribution >= 0.6 is 11.6 Å². The first-order chi connectivity index (χ1) is 15.4. The fourth-order valence-corrected chi connectivity index (χ4v) is 3.22. The number of nitrogens with one attached hydrogen (secondary N) is 2. The zero-order chi connectivity index (χ0) is 22.7. The molecule has 11 heteroatoms. The molecule has 0 atom stereocenters. The minimum absolute atomic E-state index is 0.00763. The number of carbonyl (C=O) groups excluding carboxylic acids is 1. The number of nitrogens with two attached hydrogens (primary N) is 1. The van der Waals surface area contributed by atoms with Crippen molar-refractivity contribution in [2.75, 3.05) is 22.1 Å². The summed E-state index contributed by atoms with van der Waals surface area (Å²) in [6.07, 6.45) is 2.94. The van der Waals surface area contributed by atoms with Gasteiger partial charge in [-0.05, 0) is 49.4 Å². The average molecular weight is 453 g/mol. The van der Waals surface area contributed by atoms with Crippen LogP contribution in [0.1, 0.15) is 6.92 Å². The van der Waals surface area contributed by atoms with Gasteiger partial charge in [-0.15, -0.1) is 0 Å². The van der Waals surface area contributed by atoms with Gasteiger partial charge in [0, 0.05) is 23.6 Å². The molecule has 32 heavy (non-hydrogen) atoms. The Labute approximate surface area is 187 Å². The maximum absolute atomic E-state index is 13.4. The standard InChI is InChI=1S/C21H18ClFN8O/c1-2-31(20(24)32)14-6-3-12(4-7-14)29-21-25-10-17-18(30-21)19(27-11-26-17)28-13-5-8-16(23)15(22)9-13/h3-11H,2H2,1H3,(H2,24,32)(H,25,29,30)(H,26,27,28). The lowest BCUT2D eigenvalue weighted by molar-refractivity contribution is 0.254. The topological polar surface area (TPSA) is 122 Å². The van der Waals surface area contributed by atoms with E-state index in [9.17, 15) is 9.18 Å². The predicted molar refractivity (Wildman–Crippen MR) is 122 cm³/mol. The molecular weight excluding hydrogens is 435 g/mol. The molecule has 2 heterocycles. The Morgan fingerprint density at radius 3 is 2.53 bits per heavy atom. The summed E-state index contributed by atoms with van der Waals surface area (Å²) in [7, 11) is 0. The largest absolute Gasteiger partial charge is 0.351 e. The molecule has 0 saturated carbocycles. The van der Waals surface area contributed by atoms with Gasteiger partial charge in [0.05, 0.1) is 11.2 Å². The molecule has 2 amide bonds. The number of nitrogens with zero attached hydrogens (tertiary/aromatic N) is 5. The van der Waals surface area contributed by atoms with Gasteiger partial charge in [-0.3, -0.25) is 4.90 Å². The van der Waals surface area contributed by atoms with Gasteiger partial charge < -0.3 is 16.4 Å². The lowest BCUT2D eigenvalue weighted by atomic mass is 10.2. The van der Waals surface area contributed by atoms with E-state index in [4.69, 9.17) is 17.3 Å². The van der Waals surface area contributed by atoms with E-state index in [0.29, 0.717) is 46.4 Å². The van der Waals surface area contributed by atoms with Crippen molar-refractivity contribution in [2.24, 2.45) is 5.73 Å². The number of amides is 2. The zero-order valence-electron chi connectivity index (χ0n) is 16.9. The molecule has 2 aromatic carbocycles. The second-order valence-corrected chi connectivity index (χ2v) is 7.07. The predicted octanol–water partition coefficient (Wildman–Crippen LogP) is 4.60. The Balaban J connectivity index is 1.60. The van der Waals surface area contributed by atoms with Gasteiger partial charge in [0.15, 0.2) is 5.82 Å². The van der Waals surface area contributed by atoms with Gasteiger partial charge in [0.2, 0.25) is 5.95 Å². The summed E-state index contributed by atoms with van der Waals surface area (Å²) in [5.74, 6) is 0.225. The summed E-state index contributed by atoms with van der Waals surface area (Å²) in [5.41, 5.74) is 8.32. The fourth-order valence-electron chi connectivity index (χ4n) is 3.04. The maximum Gasteiger partial charge on any atom is 0.319 e. The minimum atomic E-state index is -0.520. The molecule has 0 spiro atoms. The van der Waals surface area contributed by atoms with Crippen molar-refractivity contribution in [3.63, 3.8) is 0 Å². The number of hydrogen-bond donors (Lipinski definition) is 3. The number of carbonyl (C=O) groups is 1. The van der Waals surface area contributed by atoms with Crippen LogP contribution in [0.15, 0.2) is 55.0 Å². The third-order valence-corrected chi connectivity index (χ3v) is 4.87. The smallest absolute Gasteiger partial charge is 0.319 e. The molecule has 0 unspecified atom stereocenters. The summed E-state index contributed by atoms with van der Waals surface area (Å²) >= 11 is 5.86. The summed E-state index contributed by atoms with van der Waals surface area (Å²) in [4.78, 5) is 30.2. The van der Waals surface area contributed by atoms with E-state index in [1.165, 1.54) is 23.4 Å². The highest BCUT2D eigenvalue weighted by Crippen LogP contribution is 2.26. The van der Waals surface area contributed by atoms with Gasteiger partial charge in [-0.1, -0.05) is 11.6 Å². The highest BCUT2D eigenvalue weighted by Gasteiger charge is 2.11. The van der Waals surface area contributed by atoms with Crippen molar-refractivity contribution < 1.29 is 9.18 Å². The molecule has 162 valence electrons. The van der Waals surface area contributed by atoms with E-state index >= 15 is 0 Å². The second kappa shape index (κ2) is 8.98. The molecule has 0 radical (unpaired) electrons. The van der Waals surface area contributed by atoms with E-state index in [2.05, 4.69) is 30.6 Å². The van der Waals surface area contributed by atoms with E-state index in [1.54, 1.807) is 36.5 Å². The molecule has 0 fully saturated rings. The van der Waals surface area contributed by atoms with E-state index in [0.717, 1.165) is 0 Å². The van der Waals surface area contributed by atoms with Crippen LogP contribution in [0.2, 0.25) is 5.02 Å². The first-order valence-corrected chi connectivity index (χ1v) is 9.96. The molecule has 0 aliphatic heterocycles. The van der Waals surface area contributed by atoms with E-state index in [-0.39, 0.29) is 5.02 Å². The lowest BCUT2D eigenvalue weighted by Crippen LogP contribution is -2.35. The quantitative estimate of drug-likeness (QED) is 0.390. The van der Waals surface area contributed by atoms with Crippen molar-refractivity contribution >= 4 is 57.5 Å². The number of halogens is 2. The Hall–Kier alpha value is -4.05. The van der Waals surface area contributed by atoms with Crippen molar-refractivity contribution in [1.29, 1.82) is 0 Å². The van der Waals surface area contributed by atoms with Crippen LogP contribution in [0.4, 0.5) is 38.0 Å². The van der Waals surface area contributed by atoms with E-state index < -0.39 is 11.8 Å². The monoisotopic (exact) mass is 452 g/mol. The molecule has 0 bridgehead atoms. The van der Waals surface area contributed by atoms with Gasteiger partial charge in [0.25, 0.3) is 0 Å². The number of aromatic nitrogens is 4. The number of hydrogen-bond acceptors (Lipinski definition) is 7. The molecular formula is C21H18ClFN8O. The van der Waals surface area contributed by atoms with Crippen LogP contribution in [0.5, 0.6) is 0 Å². The summed E-state index contributed by atoms with van der Waals surface area (Å²) in [6.45, 7) is 2.30. The van der Waals surface area contributed by atoms with Crippen molar-refractivity contribution in [1.82, 2.24) is 19.9 Å². The Morgan fingerprint density at radius 2 is 1.84 bits per heavy atom. The van der Waals surface area contributed by atoms with Crippen LogP contribution in [0.25, 0.3) is 11.0 Å². The first kappa shape index (κ1) is 21.2. The molecule has 0 aliphatic rings. The molecule has 4 aromatic rings.